The monoisotopic (exact) mass is 372 g/mol. The van der Waals surface area contributed by atoms with Crippen molar-refractivity contribution in [1.82, 2.24) is 19.9 Å². The molecule has 1 atom stereocenters. The van der Waals surface area contributed by atoms with E-state index in [0.717, 1.165) is 29.7 Å². The summed E-state index contributed by atoms with van der Waals surface area (Å²) in [7, 11) is 1.82. The van der Waals surface area contributed by atoms with Crippen molar-refractivity contribution < 1.29 is 18.1 Å². The Kier molecular flexibility index (Phi) is 4.33. The number of alkyl halides is 2. The molecule has 8 heteroatoms. The van der Waals surface area contributed by atoms with Crippen molar-refractivity contribution in [3.63, 3.8) is 0 Å². The van der Waals surface area contributed by atoms with Gasteiger partial charge >= 0.3 is 6.43 Å². The average Bonchev–Trinajstić information content (AvgIpc) is 3.35. The fourth-order valence-corrected chi connectivity index (χ4v) is 3.60. The number of nitrogens with zero attached hydrogens (tertiary/aromatic N) is 4. The van der Waals surface area contributed by atoms with Crippen LogP contribution in [0.5, 0.6) is 0 Å². The number of carbonyl (C=O) groups is 1. The molecule has 0 aliphatic heterocycles. The Labute approximate surface area is 154 Å². The number of fused-ring (bicyclic) bond motifs is 1. The Morgan fingerprint density at radius 1 is 1.41 bits per heavy atom. The molecule has 0 saturated carbocycles. The summed E-state index contributed by atoms with van der Waals surface area (Å²) in [6.07, 6.45) is 0.960. The van der Waals surface area contributed by atoms with Crippen molar-refractivity contribution in [3.05, 3.63) is 52.7 Å². The van der Waals surface area contributed by atoms with Crippen molar-refractivity contribution >= 4 is 5.78 Å². The van der Waals surface area contributed by atoms with Gasteiger partial charge < -0.3 is 4.52 Å². The SMILES string of the molecule is Cc1c(C(=O)C[C@@H]2CCc3cc(-c4noc(C(F)F)n4)ccc32)cnn1C. The van der Waals surface area contributed by atoms with Crippen LogP contribution < -0.4 is 0 Å². The van der Waals surface area contributed by atoms with E-state index in [1.54, 1.807) is 16.9 Å². The van der Waals surface area contributed by atoms with Gasteiger partial charge in [0.2, 0.25) is 5.82 Å². The van der Waals surface area contributed by atoms with Crippen molar-refractivity contribution in [2.24, 2.45) is 7.05 Å². The van der Waals surface area contributed by atoms with Crippen LogP contribution in [0.25, 0.3) is 11.4 Å². The zero-order valence-electron chi connectivity index (χ0n) is 14.9. The van der Waals surface area contributed by atoms with E-state index >= 15 is 0 Å². The van der Waals surface area contributed by atoms with Gasteiger partial charge in [-0.05, 0) is 42.9 Å². The van der Waals surface area contributed by atoms with Gasteiger partial charge in [0.25, 0.3) is 5.89 Å². The average molecular weight is 372 g/mol. The number of hydrogen-bond acceptors (Lipinski definition) is 5. The van der Waals surface area contributed by atoms with Crippen molar-refractivity contribution in [3.8, 4) is 11.4 Å². The van der Waals surface area contributed by atoms with Gasteiger partial charge in [-0.3, -0.25) is 9.48 Å². The fourth-order valence-electron chi connectivity index (χ4n) is 3.60. The molecule has 3 aromatic rings. The summed E-state index contributed by atoms with van der Waals surface area (Å²) in [6.45, 7) is 1.88. The number of carbonyl (C=O) groups excluding carboxylic acids is 1. The number of hydrogen-bond donors (Lipinski definition) is 0. The van der Waals surface area contributed by atoms with Gasteiger partial charge in [0.15, 0.2) is 5.78 Å². The van der Waals surface area contributed by atoms with Crippen molar-refractivity contribution in [1.29, 1.82) is 0 Å². The van der Waals surface area contributed by atoms with Gasteiger partial charge in [0.1, 0.15) is 0 Å². The summed E-state index contributed by atoms with van der Waals surface area (Å²) in [4.78, 5) is 16.4. The maximum absolute atomic E-state index is 12.6. The largest absolute Gasteiger partial charge is 0.333 e. The molecule has 0 fully saturated rings. The minimum absolute atomic E-state index is 0.0854. The van der Waals surface area contributed by atoms with Gasteiger partial charge in [0, 0.05) is 24.7 Å². The first-order chi connectivity index (χ1) is 12.9. The molecule has 0 bridgehead atoms. The smallest absolute Gasteiger partial charge is 0.315 e. The minimum atomic E-state index is -2.79. The molecule has 0 unspecified atom stereocenters. The van der Waals surface area contributed by atoms with E-state index in [1.807, 2.05) is 26.1 Å². The maximum Gasteiger partial charge on any atom is 0.315 e. The first-order valence-electron chi connectivity index (χ1n) is 8.70. The number of ketones is 1. The van der Waals surface area contributed by atoms with E-state index in [9.17, 15) is 13.6 Å². The lowest BCUT2D eigenvalue weighted by Gasteiger charge is -2.11. The van der Waals surface area contributed by atoms with Crippen LogP contribution >= 0.6 is 0 Å². The fraction of sp³-hybridized carbons (Fsp3) is 0.368. The van der Waals surface area contributed by atoms with E-state index in [4.69, 9.17) is 0 Å². The molecule has 1 aliphatic rings. The Hall–Kier alpha value is -2.90. The lowest BCUT2D eigenvalue weighted by Crippen LogP contribution is -2.07. The molecule has 0 saturated heterocycles. The zero-order valence-corrected chi connectivity index (χ0v) is 14.9. The lowest BCUT2D eigenvalue weighted by atomic mass is 9.92. The van der Waals surface area contributed by atoms with Crippen LogP contribution in [0.4, 0.5) is 8.78 Å². The molecule has 1 aromatic carbocycles. The minimum Gasteiger partial charge on any atom is -0.333 e. The molecule has 0 radical (unpaired) electrons. The third kappa shape index (κ3) is 3.15. The molecule has 0 spiro atoms. The van der Waals surface area contributed by atoms with E-state index in [2.05, 4.69) is 19.8 Å². The van der Waals surface area contributed by atoms with E-state index in [-0.39, 0.29) is 17.5 Å². The highest BCUT2D eigenvalue weighted by Crippen LogP contribution is 2.38. The Morgan fingerprint density at radius 2 is 2.22 bits per heavy atom. The zero-order chi connectivity index (χ0) is 19.1. The Morgan fingerprint density at radius 3 is 2.89 bits per heavy atom. The third-order valence-electron chi connectivity index (χ3n) is 5.20. The highest BCUT2D eigenvalue weighted by atomic mass is 19.3. The predicted octanol–water partition coefficient (Wildman–Crippen LogP) is 4.02. The van der Waals surface area contributed by atoms with Crippen LogP contribution in [0.15, 0.2) is 28.9 Å². The quantitative estimate of drug-likeness (QED) is 0.633. The lowest BCUT2D eigenvalue weighted by molar-refractivity contribution is 0.0972. The summed E-state index contributed by atoms with van der Waals surface area (Å²) in [5.74, 6) is -0.301. The molecule has 0 N–H and O–H groups in total. The number of halogens is 2. The number of benzene rings is 1. The molecular formula is C19H18F2N4O2. The van der Waals surface area contributed by atoms with Crippen LogP contribution in [-0.4, -0.2) is 25.7 Å². The molecule has 4 rings (SSSR count). The van der Waals surface area contributed by atoms with Crippen LogP contribution in [-0.2, 0) is 13.5 Å². The normalized spacial score (nSPS) is 16.1. The summed E-state index contributed by atoms with van der Waals surface area (Å²) >= 11 is 0. The predicted molar refractivity (Wildman–Crippen MR) is 92.6 cm³/mol. The van der Waals surface area contributed by atoms with Crippen LogP contribution in [0, 0.1) is 6.92 Å². The van der Waals surface area contributed by atoms with Gasteiger partial charge in [0.05, 0.1) is 11.8 Å². The second kappa shape index (κ2) is 6.68. The molecule has 27 heavy (non-hydrogen) atoms. The van der Waals surface area contributed by atoms with E-state index < -0.39 is 12.3 Å². The third-order valence-corrected chi connectivity index (χ3v) is 5.20. The number of aryl methyl sites for hydroxylation is 2. The highest BCUT2D eigenvalue weighted by molar-refractivity contribution is 5.97. The maximum atomic E-state index is 12.6. The Balaban J connectivity index is 1.54. The van der Waals surface area contributed by atoms with E-state index in [1.165, 1.54) is 0 Å². The van der Waals surface area contributed by atoms with Crippen LogP contribution in [0.3, 0.4) is 0 Å². The molecule has 0 amide bonds. The number of aromatic nitrogens is 4. The topological polar surface area (TPSA) is 73.8 Å². The molecule has 6 nitrogen and oxygen atoms in total. The summed E-state index contributed by atoms with van der Waals surface area (Å²) in [5, 5.41) is 7.76. The Bertz CT molecular complexity index is 1010. The van der Waals surface area contributed by atoms with Crippen molar-refractivity contribution in [2.45, 2.75) is 38.5 Å². The molecule has 1 aliphatic carbocycles. The number of rotatable bonds is 5. The summed E-state index contributed by atoms with van der Waals surface area (Å²) < 4.78 is 31.5. The highest BCUT2D eigenvalue weighted by Gasteiger charge is 2.27. The van der Waals surface area contributed by atoms with Crippen LogP contribution in [0.2, 0.25) is 0 Å². The molecule has 2 aromatic heterocycles. The van der Waals surface area contributed by atoms with Gasteiger partial charge in [-0.15, -0.1) is 0 Å². The molecular weight excluding hydrogens is 354 g/mol. The first-order valence-corrected chi connectivity index (χ1v) is 8.70. The van der Waals surface area contributed by atoms with Gasteiger partial charge in [-0.2, -0.15) is 18.9 Å². The summed E-state index contributed by atoms with van der Waals surface area (Å²) in [6, 6.07) is 5.62. The summed E-state index contributed by atoms with van der Waals surface area (Å²) in [5.41, 5.74) is 4.37. The molecule has 2 heterocycles. The van der Waals surface area contributed by atoms with Crippen LogP contribution in [0.1, 0.15) is 58.3 Å². The number of Topliss-reactive ketones (excluding diaryl/α,β-unsaturated/α-hetero) is 1. The van der Waals surface area contributed by atoms with Crippen molar-refractivity contribution in [2.75, 3.05) is 0 Å². The van der Waals surface area contributed by atoms with Gasteiger partial charge in [-0.1, -0.05) is 17.3 Å². The second-order valence-electron chi connectivity index (χ2n) is 6.80. The van der Waals surface area contributed by atoms with Gasteiger partial charge in [-0.25, -0.2) is 0 Å². The van der Waals surface area contributed by atoms with E-state index in [0.29, 0.717) is 17.5 Å². The second-order valence-corrected chi connectivity index (χ2v) is 6.80. The standard InChI is InChI=1S/C19H18F2N4O2/c1-10-15(9-22-25(10)2)16(26)8-12-4-3-11-7-13(5-6-14(11)12)18-23-19(17(20)21)27-24-18/h5-7,9,12,17H,3-4,8H2,1-2H3/t12-/m0/s1. The molecule has 140 valence electrons. The first kappa shape index (κ1) is 17.5.